The summed E-state index contributed by atoms with van der Waals surface area (Å²) < 4.78 is 57.6. The van der Waals surface area contributed by atoms with Crippen LogP contribution in [0.25, 0.3) is 5.69 Å². The Morgan fingerprint density at radius 2 is 1.90 bits per heavy atom. The van der Waals surface area contributed by atoms with Gasteiger partial charge in [0.05, 0.1) is 17.0 Å². The van der Waals surface area contributed by atoms with E-state index in [1.165, 1.54) is 11.8 Å². The molecule has 0 bridgehead atoms. The summed E-state index contributed by atoms with van der Waals surface area (Å²) in [5.41, 5.74) is 0.569. The molecule has 0 saturated carbocycles. The number of halogens is 4. The molecule has 2 aromatic carbocycles. The van der Waals surface area contributed by atoms with Gasteiger partial charge in [0, 0.05) is 10.6 Å². The van der Waals surface area contributed by atoms with Crippen molar-refractivity contribution in [2.24, 2.45) is 0 Å². The molecule has 0 unspecified atom stereocenters. The minimum atomic E-state index is -4.64. The first-order chi connectivity index (χ1) is 14.5. The number of carboxylic acid groups (broad SMARTS) is 1. The van der Waals surface area contributed by atoms with Crippen LogP contribution in [-0.4, -0.2) is 32.7 Å². The first-order valence-corrected chi connectivity index (χ1v) is 9.91. The van der Waals surface area contributed by atoms with E-state index in [4.69, 9.17) is 9.84 Å². The van der Waals surface area contributed by atoms with Crippen molar-refractivity contribution in [2.45, 2.75) is 30.7 Å². The minimum Gasteiger partial charge on any atom is -0.482 e. The zero-order valence-corrected chi connectivity index (χ0v) is 17.2. The second kappa shape index (κ2) is 8.96. The van der Waals surface area contributed by atoms with E-state index in [1.807, 2.05) is 6.07 Å². The summed E-state index contributed by atoms with van der Waals surface area (Å²) in [6, 6.07) is 7.46. The maximum atomic E-state index is 14.2. The van der Waals surface area contributed by atoms with Crippen molar-refractivity contribution in [3.05, 3.63) is 64.7 Å². The second-order valence-electron chi connectivity index (χ2n) is 6.58. The molecule has 164 valence electrons. The van der Waals surface area contributed by atoms with Crippen LogP contribution in [0.3, 0.4) is 0 Å². The number of ether oxygens (including phenoxy) is 1. The van der Waals surface area contributed by atoms with Gasteiger partial charge in [-0.25, -0.2) is 9.18 Å². The van der Waals surface area contributed by atoms with Crippen LogP contribution in [-0.2, 0) is 16.7 Å². The molecule has 3 rings (SSSR count). The molecule has 0 aliphatic rings. The molecule has 1 heterocycles. The smallest absolute Gasteiger partial charge is 0.416 e. The van der Waals surface area contributed by atoms with E-state index < -0.39 is 30.1 Å². The van der Waals surface area contributed by atoms with Gasteiger partial charge in [-0.15, -0.1) is 16.6 Å². The lowest BCUT2D eigenvalue weighted by molar-refractivity contribution is -0.139. The fraction of sp³-hybridized carbons (Fsp3) is 0.250. The highest BCUT2D eigenvalue weighted by Gasteiger charge is 2.31. The Morgan fingerprint density at radius 3 is 2.52 bits per heavy atom. The summed E-state index contributed by atoms with van der Waals surface area (Å²) >= 11 is 1.42. The van der Waals surface area contributed by atoms with Crippen LogP contribution in [0.2, 0.25) is 0 Å². The molecule has 0 amide bonds. The Morgan fingerprint density at radius 1 is 1.16 bits per heavy atom. The Hall–Kier alpha value is -3.08. The average molecular weight is 455 g/mol. The lowest BCUT2D eigenvalue weighted by atomic mass is 10.2. The average Bonchev–Trinajstić information content (AvgIpc) is 3.05. The van der Waals surface area contributed by atoms with E-state index in [1.54, 1.807) is 26.0 Å². The van der Waals surface area contributed by atoms with Crippen LogP contribution >= 0.6 is 11.8 Å². The van der Waals surface area contributed by atoms with E-state index in [0.29, 0.717) is 29.0 Å². The highest BCUT2D eigenvalue weighted by Crippen LogP contribution is 2.31. The number of aryl methyl sites for hydroxylation is 2. The molecule has 3 aromatic rings. The van der Waals surface area contributed by atoms with Gasteiger partial charge in [0.15, 0.2) is 12.4 Å². The first kappa shape index (κ1) is 22.6. The van der Waals surface area contributed by atoms with Crippen LogP contribution in [0.4, 0.5) is 17.6 Å². The first-order valence-electron chi connectivity index (χ1n) is 8.92. The Balaban J connectivity index is 1.72. The van der Waals surface area contributed by atoms with E-state index in [9.17, 15) is 22.4 Å². The van der Waals surface area contributed by atoms with Gasteiger partial charge in [-0.2, -0.15) is 23.4 Å². The molecule has 0 radical (unpaired) electrons. The summed E-state index contributed by atoms with van der Waals surface area (Å²) in [4.78, 5) is 12.5. The number of hydrogen-bond donors (Lipinski definition) is 1. The van der Waals surface area contributed by atoms with Gasteiger partial charge in [0.2, 0.25) is 0 Å². The molecule has 31 heavy (non-hydrogen) atoms. The van der Waals surface area contributed by atoms with Crippen molar-refractivity contribution in [1.29, 1.82) is 0 Å². The fourth-order valence-corrected chi connectivity index (χ4v) is 3.65. The lowest BCUT2D eigenvalue weighted by Crippen LogP contribution is -2.09. The zero-order chi connectivity index (χ0) is 22.8. The van der Waals surface area contributed by atoms with Gasteiger partial charge in [0.25, 0.3) is 0 Å². The maximum Gasteiger partial charge on any atom is 0.416 e. The van der Waals surface area contributed by atoms with Crippen molar-refractivity contribution >= 4 is 17.7 Å². The predicted molar refractivity (Wildman–Crippen MR) is 105 cm³/mol. The van der Waals surface area contributed by atoms with Crippen molar-refractivity contribution in [3.8, 4) is 11.4 Å². The largest absolute Gasteiger partial charge is 0.482 e. The fourth-order valence-electron chi connectivity index (χ4n) is 2.66. The number of aliphatic carboxylic acids is 1. The van der Waals surface area contributed by atoms with Crippen molar-refractivity contribution in [1.82, 2.24) is 15.0 Å². The number of rotatable bonds is 7. The number of carboxylic acids is 1. The second-order valence-corrected chi connectivity index (χ2v) is 7.63. The van der Waals surface area contributed by atoms with Crippen LogP contribution in [0.5, 0.6) is 5.75 Å². The van der Waals surface area contributed by atoms with E-state index in [0.717, 1.165) is 27.4 Å². The van der Waals surface area contributed by atoms with Crippen LogP contribution in [0, 0.1) is 19.7 Å². The van der Waals surface area contributed by atoms with E-state index in [-0.39, 0.29) is 5.69 Å². The quantitative estimate of drug-likeness (QED) is 0.408. The standard InChI is InChI=1S/C20H17F4N3O3S/c1-11-7-14(4-6-18(11)30-9-19(28)29)31-10-16-12(2)25-27(26-16)17-5-3-13(8-15(17)21)20(22,23)24/h3-8H,9-10H2,1-2H3,(H,28,29). The molecule has 0 fully saturated rings. The number of nitrogens with zero attached hydrogens (tertiary/aromatic N) is 3. The van der Waals surface area contributed by atoms with Gasteiger partial charge >= 0.3 is 12.1 Å². The number of benzene rings is 2. The third kappa shape index (κ3) is 5.54. The molecule has 1 aromatic heterocycles. The van der Waals surface area contributed by atoms with Gasteiger partial charge in [-0.1, -0.05) is 0 Å². The number of alkyl halides is 3. The van der Waals surface area contributed by atoms with Crippen LogP contribution in [0.1, 0.15) is 22.5 Å². The SMILES string of the molecule is Cc1cc(SCc2nn(-c3ccc(C(F)(F)F)cc3F)nc2C)ccc1OCC(=O)O. The van der Waals surface area contributed by atoms with Crippen molar-refractivity contribution < 1.29 is 32.2 Å². The molecule has 11 heteroatoms. The van der Waals surface area contributed by atoms with Crippen LogP contribution in [0.15, 0.2) is 41.3 Å². The van der Waals surface area contributed by atoms with Gasteiger partial charge in [0.1, 0.15) is 11.4 Å². The molecule has 0 saturated heterocycles. The van der Waals surface area contributed by atoms with E-state index in [2.05, 4.69) is 10.2 Å². The Kier molecular flexibility index (Phi) is 6.54. The number of carbonyl (C=O) groups is 1. The minimum absolute atomic E-state index is 0.178. The Bertz CT molecular complexity index is 1120. The molecule has 0 spiro atoms. The summed E-state index contributed by atoms with van der Waals surface area (Å²) in [5.74, 6) is -1.28. The van der Waals surface area contributed by atoms with Gasteiger partial charge in [-0.3, -0.25) is 0 Å². The molecular formula is C20H17F4N3O3S. The monoisotopic (exact) mass is 455 g/mol. The Labute approximate surface area is 178 Å². The number of aromatic nitrogens is 3. The highest BCUT2D eigenvalue weighted by atomic mass is 32.2. The number of thioether (sulfide) groups is 1. The summed E-state index contributed by atoms with van der Waals surface area (Å²) in [6.07, 6.45) is -4.64. The summed E-state index contributed by atoms with van der Waals surface area (Å²) in [7, 11) is 0. The maximum absolute atomic E-state index is 14.2. The molecule has 0 aliphatic carbocycles. The topological polar surface area (TPSA) is 77.2 Å². The van der Waals surface area contributed by atoms with Gasteiger partial charge < -0.3 is 9.84 Å². The molecule has 1 N–H and O–H groups in total. The van der Waals surface area contributed by atoms with Crippen molar-refractivity contribution in [3.63, 3.8) is 0 Å². The normalized spacial score (nSPS) is 11.5. The predicted octanol–water partition coefficient (Wildman–Crippen LogP) is 4.80. The van der Waals surface area contributed by atoms with Crippen LogP contribution < -0.4 is 4.74 Å². The molecule has 0 aliphatic heterocycles. The molecule has 6 nitrogen and oxygen atoms in total. The third-order valence-corrected chi connectivity index (χ3v) is 5.25. The zero-order valence-electron chi connectivity index (χ0n) is 16.4. The summed E-state index contributed by atoms with van der Waals surface area (Å²) in [6.45, 7) is 3.03. The van der Waals surface area contributed by atoms with Gasteiger partial charge in [-0.05, 0) is 55.8 Å². The van der Waals surface area contributed by atoms with Crippen molar-refractivity contribution in [2.75, 3.05) is 6.61 Å². The highest BCUT2D eigenvalue weighted by molar-refractivity contribution is 7.98. The summed E-state index contributed by atoms with van der Waals surface area (Å²) in [5, 5.41) is 17.0. The third-order valence-electron chi connectivity index (χ3n) is 4.24. The number of hydrogen-bond acceptors (Lipinski definition) is 5. The van der Waals surface area contributed by atoms with E-state index >= 15 is 0 Å². The molecule has 0 atom stereocenters. The molecular weight excluding hydrogens is 438 g/mol. The lowest BCUT2D eigenvalue weighted by Gasteiger charge is -2.09.